The van der Waals surface area contributed by atoms with E-state index in [-0.39, 0.29) is 6.61 Å². The maximum Gasteiger partial charge on any atom is 0.365 e. The summed E-state index contributed by atoms with van der Waals surface area (Å²) in [6.07, 6.45) is 2.75. The molecule has 0 aliphatic heterocycles. The van der Waals surface area contributed by atoms with Gasteiger partial charge in [-0.05, 0) is 19.8 Å². The van der Waals surface area contributed by atoms with Gasteiger partial charge in [-0.15, -0.1) is 0 Å². The van der Waals surface area contributed by atoms with Crippen molar-refractivity contribution in [2.75, 3.05) is 26.5 Å². The highest BCUT2D eigenvalue weighted by atomic mass is 19.1. The molecule has 8 heteroatoms. The minimum atomic E-state index is -1.67. The number of rotatable bonds is 15. The summed E-state index contributed by atoms with van der Waals surface area (Å²) in [7, 11) is 0. The standard InChI is InChI=1S/C18H33FO7/c1-6-8-10-22-13-18(12-19,14(3)23-11-9-7-2)26-17(24-15(4)20)25-16(5)21/h14,17H,6-13H2,1-5H3/t14?,18-/m1/s1. The van der Waals surface area contributed by atoms with E-state index in [9.17, 15) is 14.0 Å². The number of alkyl halides is 1. The average Bonchev–Trinajstić information content (AvgIpc) is 2.56. The second kappa shape index (κ2) is 13.9. The predicted molar refractivity (Wildman–Crippen MR) is 93.2 cm³/mol. The number of esters is 2. The summed E-state index contributed by atoms with van der Waals surface area (Å²) in [4.78, 5) is 22.5. The number of hydrogen-bond acceptors (Lipinski definition) is 7. The largest absolute Gasteiger partial charge is 0.400 e. The molecule has 1 unspecified atom stereocenters. The van der Waals surface area contributed by atoms with Crippen LogP contribution in [0.1, 0.15) is 60.3 Å². The van der Waals surface area contributed by atoms with Crippen LogP contribution in [0.4, 0.5) is 4.39 Å². The molecule has 2 atom stereocenters. The summed E-state index contributed by atoms with van der Waals surface area (Å²) in [5.41, 5.74) is -1.57. The molecule has 0 aliphatic carbocycles. The Morgan fingerprint density at radius 1 is 1.00 bits per heavy atom. The molecule has 0 saturated carbocycles. The highest BCUT2D eigenvalue weighted by molar-refractivity contribution is 5.67. The van der Waals surface area contributed by atoms with Crippen LogP contribution in [0.2, 0.25) is 0 Å². The topological polar surface area (TPSA) is 80.3 Å². The smallest absolute Gasteiger partial charge is 0.365 e. The molecule has 0 aromatic carbocycles. The highest BCUT2D eigenvalue weighted by Gasteiger charge is 2.43. The zero-order valence-corrected chi connectivity index (χ0v) is 16.5. The van der Waals surface area contributed by atoms with E-state index in [1.165, 1.54) is 0 Å². The van der Waals surface area contributed by atoms with Gasteiger partial charge in [0.15, 0.2) is 5.60 Å². The van der Waals surface area contributed by atoms with Crippen molar-refractivity contribution in [3.8, 4) is 0 Å². The minimum Gasteiger partial charge on any atom is -0.400 e. The predicted octanol–water partition coefficient (Wildman–Crippen LogP) is 3.14. The van der Waals surface area contributed by atoms with Crippen molar-refractivity contribution in [3.05, 3.63) is 0 Å². The molecule has 0 rings (SSSR count). The first kappa shape index (κ1) is 24.8. The van der Waals surface area contributed by atoms with Crippen LogP contribution in [0.25, 0.3) is 0 Å². The third-order valence-corrected chi connectivity index (χ3v) is 3.68. The van der Waals surface area contributed by atoms with Gasteiger partial charge in [-0.3, -0.25) is 14.3 Å². The molecule has 0 fully saturated rings. The van der Waals surface area contributed by atoms with Gasteiger partial charge in [0.2, 0.25) is 0 Å². The molecule has 0 N–H and O–H groups in total. The molecule has 0 radical (unpaired) electrons. The summed E-state index contributed by atoms with van der Waals surface area (Å²) < 4.78 is 40.5. The van der Waals surface area contributed by atoms with Gasteiger partial charge in [-0.25, -0.2) is 4.39 Å². The zero-order valence-electron chi connectivity index (χ0n) is 16.5. The third-order valence-electron chi connectivity index (χ3n) is 3.68. The molecule has 0 aliphatic rings. The number of carbonyl (C=O) groups excluding carboxylic acids is 2. The van der Waals surface area contributed by atoms with Gasteiger partial charge in [0.05, 0.1) is 12.7 Å². The molecule has 0 spiro atoms. The van der Waals surface area contributed by atoms with Gasteiger partial charge in [0.25, 0.3) is 0 Å². The molecule has 0 saturated heterocycles. The molecule has 0 heterocycles. The highest BCUT2D eigenvalue weighted by Crippen LogP contribution is 2.25. The first-order valence-corrected chi connectivity index (χ1v) is 9.08. The van der Waals surface area contributed by atoms with Crippen LogP contribution in [-0.2, 0) is 33.3 Å². The van der Waals surface area contributed by atoms with Gasteiger partial charge in [-0.1, -0.05) is 26.7 Å². The van der Waals surface area contributed by atoms with Crippen molar-refractivity contribution in [1.29, 1.82) is 0 Å². The van der Waals surface area contributed by atoms with Gasteiger partial charge in [0.1, 0.15) is 6.67 Å². The normalized spacial score (nSPS) is 14.7. The molecule has 26 heavy (non-hydrogen) atoms. The summed E-state index contributed by atoms with van der Waals surface area (Å²) in [6, 6.07) is 0. The molecule has 7 nitrogen and oxygen atoms in total. The van der Waals surface area contributed by atoms with Crippen LogP contribution >= 0.6 is 0 Å². The summed E-state index contributed by atoms with van der Waals surface area (Å²) >= 11 is 0. The van der Waals surface area contributed by atoms with Crippen molar-refractivity contribution < 1.29 is 37.7 Å². The fourth-order valence-electron chi connectivity index (χ4n) is 2.01. The first-order valence-electron chi connectivity index (χ1n) is 9.08. The van der Waals surface area contributed by atoms with Crippen LogP contribution in [0.5, 0.6) is 0 Å². The van der Waals surface area contributed by atoms with Crippen molar-refractivity contribution in [3.63, 3.8) is 0 Å². The number of halogens is 1. The molecule has 0 aromatic heterocycles. The van der Waals surface area contributed by atoms with E-state index in [1.807, 2.05) is 13.8 Å². The number of unbranched alkanes of at least 4 members (excludes halogenated alkanes) is 2. The quantitative estimate of drug-likeness (QED) is 0.245. The van der Waals surface area contributed by atoms with Crippen molar-refractivity contribution in [2.45, 2.75) is 78.5 Å². The van der Waals surface area contributed by atoms with Crippen LogP contribution in [0, 0.1) is 0 Å². The van der Waals surface area contributed by atoms with Gasteiger partial charge in [-0.2, -0.15) is 0 Å². The Morgan fingerprint density at radius 3 is 2.00 bits per heavy atom. The minimum absolute atomic E-state index is 0.129. The van der Waals surface area contributed by atoms with Crippen molar-refractivity contribution >= 4 is 11.9 Å². The second-order valence-electron chi connectivity index (χ2n) is 6.10. The van der Waals surface area contributed by atoms with E-state index in [4.69, 9.17) is 23.7 Å². The van der Waals surface area contributed by atoms with Crippen LogP contribution < -0.4 is 0 Å². The molecule has 0 amide bonds. The maximum absolute atomic E-state index is 14.1. The first-order chi connectivity index (χ1) is 12.3. The Balaban J connectivity index is 5.25. The monoisotopic (exact) mass is 380 g/mol. The Labute approximate surface area is 155 Å². The summed E-state index contributed by atoms with van der Waals surface area (Å²) in [5, 5.41) is 0. The third kappa shape index (κ3) is 10.0. The lowest BCUT2D eigenvalue weighted by molar-refractivity contribution is -0.325. The van der Waals surface area contributed by atoms with E-state index in [1.54, 1.807) is 6.92 Å². The van der Waals surface area contributed by atoms with Gasteiger partial charge in [0, 0.05) is 27.1 Å². The summed E-state index contributed by atoms with van der Waals surface area (Å²) in [5.74, 6) is -1.45. The van der Waals surface area contributed by atoms with E-state index < -0.39 is 36.8 Å². The molecular formula is C18H33FO7. The van der Waals surface area contributed by atoms with E-state index in [0.717, 1.165) is 39.5 Å². The van der Waals surface area contributed by atoms with Gasteiger partial charge < -0.3 is 18.9 Å². The van der Waals surface area contributed by atoms with E-state index >= 15 is 0 Å². The Kier molecular flexibility index (Phi) is 13.2. The van der Waals surface area contributed by atoms with Crippen LogP contribution in [0.3, 0.4) is 0 Å². The zero-order chi connectivity index (χ0) is 20.0. The maximum atomic E-state index is 14.1. The van der Waals surface area contributed by atoms with Crippen molar-refractivity contribution in [1.82, 2.24) is 0 Å². The fourth-order valence-corrected chi connectivity index (χ4v) is 2.01. The fraction of sp³-hybridized carbons (Fsp3) is 0.889. The van der Waals surface area contributed by atoms with Crippen molar-refractivity contribution in [2.24, 2.45) is 0 Å². The Hall–Kier alpha value is -1.25. The molecule has 154 valence electrons. The van der Waals surface area contributed by atoms with E-state index in [2.05, 4.69) is 0 Å². The average molecular weight is 380 g/mol. The molecule has 0 bridgehead atoms. The SMILES string of the molecule is CCCCOC[C@@](CF)(OC(OC(C)=O)OC(C)=O)C(C)OCCCC. The molecule has 0 aromatic rings. The molecular weight excluding hydrogens is 347 g/mol. The number of carbonyl (C=O) groups is 2. The second-order valence-corrected chi connectivity index (χ2v) is 6.10. The lowest BCUT2D eigenvalue weighted by atomic mass is 10.00. The Bertz CT molecular complexity index is 389. The summed E-state index contributed by atoms with van der Waals surface area (Å²) in [6.45, 7) is 6.02. The lowest BCUT2D eigenvalue weighted by Crippen LogP contribution is -2.54. The number of hydrogen-bond donors (Lipinski definition) is 0. The van der Waals surface area contributed by atoms with E-state index in [0.29, 0.717) is 13.2 Å². The van der Waals surface area contributed by atoms with Crippen LogP contribution in [0.15, 0.2) is 0 Å². The van der Waals surface area contributed by atoms with Crippen LogP contribution in [-0.4, -0.2) is 56.6 Å². The number of ether oxygens (including phenoxy) is 5. The Morgan fingerprint density at radius 2 is 1.54 bits per heavy atom. The van der Waals surface area contributed by atoms with Gasteiger partial charge >= 0.3 is 18.4 Å². The lowest BCUT2D eigenvalue weighted by Gasteiger charge is -2.37.